The van der Waals surface area contributed by atoms with Gasteiger partial charge in [0.25, 0.3) is 0 Å². The van der Waals surface area contributed by atoms with E-state index >= 15 is 4.39 Å². The van der Waals surface area contributed by atoms with E-state index in [0.717, 1.165) is 18.7 Å². The zero-order valence-corrected chi connectivity index (χ0v) is 22.1. The fourth-order valence-corrected chi connectivity index (χ4v) is 6.47. The van der Waals surface area contributed by atoms with E-state index < -0.39 is 23.2 Å². The lowest BCUT2D eigenvalue weighted by atomic mass is 9.62. The van der Waals surface area contributed by atoms with Crippen LogP contribution in [0.25, 0.3) is 0 Å². The predicted molar refractivity (Wildman–Crippen MR) is 140 cm³/mol. The zero-order valence-electron chi connectivity index (χ0n) is 20.6. The zero-order chi connectivity index (χ0) is 25.8. The summed E-state index contributed by atoms with van der Waals surface area (Å²) < 4.78 is 15.7. The van der Waals surface area contributed by atoms with Crippen molar-refractivity contribution >= 4 is 40.7 Å². The van der Waals surface area contributed by atoms with Gasteiger partial charge >= 0.3 is 0 Å². The van der Waals surface area contributed by atoms with Crippen molar-refractivity contribution < 1.29 is 14.0 Å². The van der Waals surface area contributed by atoms with Crippen molar-refractivity contribution in [1.29, 1.82) is 0 Å². The normalized spacial score (nSPS) is 27.6. The molecule has 5 rings (SSSR count). The van der Waals surface area contributed by atoms with Crippen molar-refractivity contribution in [2.45, 2.75) is 63.1 Å². The summed E-state index contributed by atoms with van der Waals surface area (Å²) in [5, 5.41) is 13.3. The highest BCUT2D eigenvalue weighted by Crippen LogP contribution is 2.57. The molecule has 3 heterocycles. The highest BCUT2D eigenvalue weighted by Gasteiger charge is 2.65. The summed E-state index contributed by atoms with van der Waals surface area (Å²) in [4.78, 5) is 27.1. The molecule has 3 aliphatic rings. The number of hydrogen-bond acceptors (Lipinski definition) is 4. The molecule has 4 N–H and O–H groups in total. The Morgan fingerprint density at radius 3 is 2.61 bits per heavy atom. The molecule has 1 spiro atoms. The first-order valence-corrected chi connectivity index (χ1v) is 13.1. The van der Waals surface area contributed by atoms with Gasteiger partial charge in [-0.3, -0.25) is 9.59 Å². The lowest BCUT2D eigenvalue weighted by molar-refractivity contribution is -0.124. The Morgan fingerprint density at radius 1 is 1.19 bits per heavy atom. The Labute approximate surface area is 220 Å². The number of anilines is 1. The predicted octanol–water partition coefficient (Wildman–Crippen LogP) is 4.36. The molecule has 2 fully saturated rings. The van der Waals surface area contributed by atoms with Crippen LogP contribution in [-0.2, 0) is 15.0 Å². The number of hydrogen-bond donors (Lipinski definition) is 4. The number of halogens is 3. The summed E-state index contributed by atoms with van der Waals surface area (Å²) in [5.74, 6) is -1.59. The monoisotopic (exact) mass is 532 g/mol. The van der Waals surface area contributed by atoms with E-state index in [4.69, 9.17) is 23.2 Å². The van der Waals surface area contributed by atoms with Gasteiger partial charge in [0.05, 0.1) is 11.1 Å². The van der Waals surface area contributed by atoms with Gasteiger partial charge in [0.1, 0.15) is 11.2 Å². The van der Waals surface area contributed by atoms with Crippen LogP contribution in [0, 0.1) is 11.2 Å². The first-order chi connectivity index (χ1) is 17.0. The summed E-state index contributed by atoms with van der Waals surface area (Å²) in [6.45, 7) is 7.77. The summed E-state index contributed by atoms with van der Waals surface area (Å²) in [6, 6.07) is 9.43. The molecule has 2 aromatic rings. The number of carbonyl (C=O) groups is 2. The molecular formula is C27H31Cl2FN4O2. The third kappa shape index (κ3) is 4.30. The van der Waals surface area contributed by atoms with Crippen molar-refractivity contribution in [3.05, 3.63) is 63.4 Å². The molecule has 4 atom stereocenters. The number of benzene rings is 2. The molecule has 192 valence electrons. The maximum Gasteiger partial charge on any atom is 0.237 e. The van der Waals surface area contributed by atoms with E-state index in [2.05, 4.69) is 42.0 Å². The molecule has 6 nitrogen and oxygen atoms in total. The van der Waals surface area contributed by atoms with Crippen LogP contribution in [0.4, 0.5) is 10.1 Å². The molecule has 4 unspecified atom stereocenters. The van der Waals surface area contributed by atoms with Gasteiger partial charge in [0, 0.05) is 48.2 Å². The second-order valence-corrected chi connectivity index (χ2v) is 12.2. The Kier molecular flexibility index (Phi) is 6.56. The fraction of sp³-hybridized carbons (Fsp3) is 0.481. The van der Waals surface area contributed by atoms with Crippen molar-refractivity contribution in [2.75, 3.05) is 18.4 Å². The van der Waals surface area contributed by atoms with Crippen LogP contribution in [0.5, 0.6) is 0 Å². The molecule has 0 aliphatic carbocycles. The molecule has 9 heteroatoms. The van der Waals surface area contributed by atoms with E-state index in [1.54, 1.807) is 24.3 Å². The van der Waals surface area contributed by atoms with Gasteiger partial charge in [-0.1, -0.05) is 62.2 Å². The third-order valence-corrected chi connectivity index (χ3v) is 8.12. The largest absolute Gasteiger partial charge is 0.351 e. The molecule has 2 saturated heterocycles. The summed E-state index contributed by atoms with van der Waals surface area (Å²) in [6.07, 6.45) is 0.734. The van der Waals surface area contributed by atoms with Crippen LogP contribution in [-0.4, -0.2) is 43.0 Å². The molecule has 0 saturated carbocycles. The lowest BCUT2D eigenvalue weighted by Gasteiger charge is -2.38. The van der Waals surface area contributed by atoms with Gasteiger partial charge in [-0.2, -0.15) is 0 Å². The van der Waals surface area contributed by atoms with Gasteiger partial charge in [-0.05, 0) is 41.2 Å². The van der Waals surface area contributed by atoms with Gasteiger partial charge in [-0.15, -0.1) is 0 Å². The summed E-state index contributed by atoms with van der Waals surface area (Å²) in [7, 11) is 0. The Morgan fingerprint density at radius 2 is 1.94 bits per heavy atom. The van der Waals surface area contributed by atoms with Crippen LogP contribution in [0.1, 0.15) is 50.7 Å². The van der Waals surface area contributed by atoms with Crippen molar-refractivity contribution in [3.8, 4) is 0 Å². The lowest BCUT2D eigenvalue weighted by Crippen LogP contribution is -2.57. The number of amides is 2. The van der Waals surface area contributed by atoms with Crippen LogP contribution in [0.3, 0.4) is 0 Å². The molecular weight excluding hydrogens is 502 g/mol. The first-order valence-electron chi connectivity index (χ1n) is 12.3. The molecule has 0 radical (unpaired) electrons. The average Bonchev–Trinajstić information content (AvgIpc) is 3.20. The fourth-order valence-electron chi connectivity index (χ4n) is 6.11. The van der Waals surface area contributed by atoms with Gasteiger partial charge in [0.2, 0.25) is 11.8 Å². The minimum absolute atomic E-state index is 0.0135. The Hall–Kier alpha value is -2.19. The van der Waals surface area contributed by atoms with E-state index in [-0.39, 0.29) is 40.8 Å². The minimum Gasteiger partial charge on any atom is -0.351 e. The second-order valence-electron chi connectivity index (χ2n) is 11.4. The quantitative estimate of drug-likeness (QED) is 0.461. The smallest absolute Gasteiger partial charge is 0.237 e. The Bertz CT molecular complexity index is 1210. The van der Waals surface area contributed by atoms with Gasteiger partial charge in [0.15, 0.2) is 0 Å². The van der Waals surface area contributed by atoms with E-state index in [0.29, 0.717) is 22.7 Å². The molecule has 2 aromatic carbocycles. The minimum atomic E-state index is -1.15. The summed E-state index contributed by atoms with van der Waals surface area (Å²) >= 11 is 12.5. The second kappa shape index (κ2) is 9.28. The highest BCUT2D eigenvalue weighted by atomic mass is 35.5. The van der Waals surface area contributed by atoms with Crippen molar-refractivity contribution in [3.63, 3.8) is 0 Å². The highest BCUT2D eigenvalue weighted by molar-refractivity contribution is 6.31. The van der Waals surface area contributed by atoms with E-state index in [1.165, 1.54) is 6.07 Å². The molecule has 3 aliphatic heterocycles. The molecule has 0 bridgehead atoms. The van der Waals surface area contributed by atoms with Crippen LogP contribution < -0.4 is 21.3 Å². The third-order valence-electron chi connectivity index (χ3n) is 7.59. The SMILES string of the molecule is CC(C)(C)CC1NC(CC(=O)NC2CNC2)C(c2cccc(Cl)c2F)C12C(=O)Nc1cc(Cl)ccc12. The van der Waals surface area contributed by atoms with E-state index in [9.17, 15) is 9.59 Å². The maximum atomic E-state index is 15.7. The van der Waals surface area contributed by atoms with E-state index in [1.807, 2.05) is 6.07 Å². The van der Waals surface area contributed by atoms with Crippen molar-refractivity contribution in [1.82, 2.24) is 16.0 Å². The topological polar surface area (TPSA) is 82.3 Å². The number of carbonyl (C=O) groups excluding carboxylic acids is 2. The van der Waals surface area contributed by atoms with Crippen LogP contribution in [0.2, 0.25) is 10.0 Å². The number of fused-ring (bicyclic) bond motifs is 2. The molecule has 0 aromatic heterocycles. The number of nitrogens with one attached hydrogen (secondary N) is 4. The number of rotatable bonds is 5. The molecule has 36 heavy (non-hydrogen) atoms. The van der Waals surface area contributed by atoms with Gasteiger partial charge in [-0.25, -0.2) is 4.39 Å². The average molecular weight is 533 g/mol. The van der Waals surface area contributed by atoms with Crippen LogP contribution >= 0.6 is 23.2 Å². The Balaban J connectivity index is 1.67. The standard InChI is InChI=1S/C27H31Cl2FN4O2/c1-26(2,3)11-21-27(17-8-7-14(28)9-19(17)34-25(27)36)23(16-5-4-6-18(29)24(16)30)20(33-21)10-22(35)32-15-12-31-13-15/h4-9,15,20-21,23,31,33H,10-13H2,1-3H3,(H,32,35)(H,34,36). The van der Waals surface area contributed by atoms with Gasteiger partial charge < -0.3 is 21.3 Å². The van der Waals surface area contributed by atoms with Crippen LogP contribution in [0.15, 0.2) is 36.4 Å². The molecule has 2 amide bonds. The first kappa shape index (κ1) is 25.5. The van der Waals surface area contributed by atoms with Crippen molar-refractivity contribution in [2.24, 2.45) is 5.41 Å². The summed E-state index contributed by atoms with van der Waals surface area (Å²) in [5.41, 5.74) is 0.404. The maximum absolute atomic E-state index is 15.7.